The molecule has 2 saturated heterocycles. The first-order valence-electron chi connectivity index (χ1n) is 5.57. The maximum absolute atomic E-state index is 11.6. The van der Waals surface area contributed by atoms with Crippen molar-refractivity contribution >= 4 is 6.03 Å². The highest BCUT2D eigenvalue weighted by molar-refractivity contribution is 5.74. The van der Waals surface area contributed by atoms with Gasteiger partial charge in [-0.25, -0.2) is 4.79 Å². The van der Waals surface area contributed by atoms with Crippen molar-refractivity contribution in [3.63, 3.8) is 0 Å². The third-order valence-corrected chi connectivity index (χ3v) is 3.29. The highest BCUT2D eigenvalue weighted by atomic mass is 16.2. The molecule has 2 amide bonds. The zero-order valence-corrected chi connectivity index (χ0v) is 8.75. The van der Waals surface area contributed by atoms with Crippen molar-refractivity contribution in [2.75, 3.05) is 26.2 Å². The number of fused-ring (bicyclic) bond motifs is 1. The molecule has 0 aromatic rings. The number of nitrogens with zero attached hydrogens (tertiary/aromatic N) is 1. The number of rotatable bonds is 1. The Kier molecular flexibility index (Phi) is 2.91. The average molecular weight is 197 g/mol. The minimum absolute atomic E-state index is 0.0969. The monoisotopic (exact) mass is 197 g/mol. The van der Waals surface area contributed by atoms with Gasteiger partial charge in [-0.15, -0.1) is 0 Å². The molecule has 0 aromatic heterocycles. The second kappa shape index (κ2) is 4.17. The van der Waals surface area contributed by atoms with Crippen LogP contribution in [0.15, 0.2) is 0 Å². The molecule has 2 aliphatic heterocycles. The lowest BCUT2D eigenvalue weighted by Gasteiger charge is -2.34. The molecule has 2 heterocycles. The Balaban J connectivity index is 1.87. The summed E-state index contributed by atoms with van der Waals surface area (Å²) in [6, 6.07) is 0.644. The number of hydrogen-bond acceptors (Lipinski definition) is 2. The summed E-state index contributed by atoms with van der Waals surface area (Å²) in [6.45, 7) is 5.61. The molecule has 2 fully saturated rings. The zero-order chi connectivity index (χ0) is 9.97. The second-order valence-electron chi connectivity index (χ2n) is 4.18. The first-order valence-corrected chi connectivity index (χ1v) is 5.57. The number of piperidine rings is 1. The summed E-state index contributed by atoms with van der Waals surface area (Å²) < 4.78 is 0. The third-order valence-electron chi connectivity index (χ3n) is 3.29. The van der Waals surface area contributed by atoms with E-state index in [1.807, 2.05) is 11.8 Å². The lowest BCUT2D eigenvalue weighted by atomic mass is 9.93. The van der Waals surface area contributed by atoms with Gasteiger partial charge in [-0.2, -0.15) is 0 Å². The van der Waals surface area contributed by atoms with Crippen LogP contribution >= 0.6 is 0 Å². The van der Waals surface area contributed by atoms with E-state index in [9.17, 15) is 4.79 Å². The van der Waals surface area contributed by atoms with E-state index in [2.05, 4.69) is 10.6 Å². The van der Waals surface area contributed by atoms with Gasteiger partial charge in [0.05, 0.1) is 0 Å². The van der Waals surface area contributed by atoms with Crippen LogP contribution in [-0.2, 0) is 0 Å². The van der Waals surface area contributed by atoms with Crippen LogP contribution in [0.1, 0.15) is 19.8 Å². The van der Waals surface area contributed by atoms with Gasteiger partial charge in [0.25, 0.3) is 0 Å². The highest BCUT2D eigenvalue weighted by Gasteiger charge is 2.33. The Morgan fingerprint density at radius 2 is 2.43 bits per heavy atom. The largest absolute Gasteiger partial charge is 0.338 e. The van der Waals surface area contributed by atoms with Crippen molar-refractivity contribution in [2.45, 2.75) is 25.8 Å². The zero-order valence-electron chi connectivity index (χ0n) is 8.75. The quantitative estimate of drug-likeness (QED) is 0.639. The lowest BCUT2D eigenvalue weighted by molar-refractivity contribution is 0.162. The number of carbonyl (C=O) groups is 1. The van der Waals surface area contributed by atoms with Gasteiger partial charge in [0.2, 0.25) is 0 Å². The van der Waals surface area contributed by atoms with Gasteiger partial charge in [-0.1, -0.05) is 0 Å². The summed E-state index contributed by atoms with van der Waals surface area (Å²) in [5.74, 6) is 0.806. The van der Waals surface area contributed by atoms with Gasteiger partial charge in [0, 0.05) is 25.7 Å². The molecule has 80 valence electrons. The van der Waals surface area contributed by atoms with Crippen molar-refractivity contribution in [3.05, 3.63) is 0 Å². The van der Waals surface area contributed by atoms with Crippen LogP contribution in [0.5, 0.6) is 0 Å². The Morgan fingerprint density at radius 1 is 1.57 bits per heavy atom. The third kappa shape index (κ3) is 1.85. The van der Waals surface area contributed by atoms with Crippen molar-refractivity contribution < 1.29 is 4.79 Å². The number of likely N-dealkylation sites (tertiary alicyclic amines) is 1. The van der Waals surface area contributed by atoms with E-state index in [1.165, 1.54) is 6.42 Å². The lowest BCUT2D eigenvalue weighted by Crippen LogP contribution is -2.51. The molecule has 0 aliphatic carbocycles. The smallest absolute Gasteiger partial charge is 0.317 e. The predicted molar refractivity (Wildman–Crippen MR) is 55.2 cm³/mol. The molecular weight excluding hydrogens is 178 g/mol. The van der Waals surface area contributed by atoms with Crippen LogP contribution in [0.25, 0.3) is 0 Å². The second-order valence-corrected chi connectivity index (χ2v) is 4.18. The minimum atomic E-state index is 0.0969. The Labute approximate surface area is 85.0 Å². The molecule has 0 bridgehead atoms. The highest BCUT2D eigenvalue weighted by Crippen LogP contribution is 2.24. The van der Waals surface area contributed by atoms with Crippen LogP contribution < -0.4 is 10.6 Å². The molecule has 2 rings (SSSR count). The van der Waals surface area contributed by atoms with E-state index < -0.39 is 0 Å². The first kappa shape index (κ1) is 9.77. The van der Waals surface area contributed by atoms with Gasteiger partial charge in [0.15, 0.2) is 0 Å². The van der Waals surface area contributed by atoms with Gasteiger partial charge in [-0.3, -0.25) is 0 Å². The van der Waals surface area contributed by atoms with Crippen LogP contribution in [0.2, 0.25) is 0 Å². The molecule has 14 heavy (non-hydrogen) atoms. The van der Waals surface area contributed by atoms with Crippen LogP contribution in [0, 0.1) is 5.92 Å². The Hall–Kier alpha value is -0.770. The molecule has 2 N–H and O–H groups in total. The molecule has 4 heteroatoms. The van der Waals surface area contributed by atoms with E-state index in [-0.39, 0.29) is 6.03 Å². The van der Waals surface area contributed by atoms with Gasteiger partial charge in [0.1, 0.15) is 0 Å². The predicted octanol–water partition coefficient (Wildman–Crippen LogP) is 0.400. The summed E-state index contributed by atoms with van der Waals surface area (Å²) in [6.07, 6.45) is 2.45. The fourth-order valence-corrected chi connectivity index (χ4v) is 2.48. The normalized spacial score (nSPS) is 31.4. The summed E-state index contributed by atoms with van der Waals surface area (Å²) in [4.78, 5) is 13.5. The van der Waals surface area contributed by atoms with Crippen molar-refractivity contribution in [1.29, 1.82) is 0 Å². The molecule has 0 unspecified atom stereocenters. The molecule has 0 radical (unpaired) electrons. The Morgan fingerprint density at radius 3 is 3.21 bits per heavy atom. The molecule has 0 spiro atoms. The van der Waals surface area contributed by atoms with E-state index in [1.54, 1.807) is 0 Å². The Bertz CT molecular complexity index is 219. The standard InChI is InChI=1S/C10H19N3O/c1-2-11-10(14)13-6-4-8-3-5-12-9(8)7-13/h8-9,12H,2-7H2,1H3,(H,11,14)/t8-,9+/m0/s1. The van der Waals surface area contributed by atoms with Crippen LogP contribution in [0.4, 0.5) is 4.79 Å². The van der Waals surface area contributed by atoms with E-state index >= 15 is 0 Å². The summed E-state index contributed by atoms with van der Waals surface area (Å²) in [7, 11) is 0. The fourth-order valence-electron chi connectivity index (χ4n) is 2.48. The first-order chi connectivity index (χ1) is 6.81. The molecule has 4 nitrogen and oxygen atoms in total. The average Bonchev–Trinajstić information content (AvgIpc) is 2.64. The van der Waals surface area contributed by atoms with Gasteiger partial charge in [-0.05, 0) is 32.2 Å². The molecular formula is C10H19N3O. The number of carbonyl (C=O) groups excluding carboxylic acids is 1. The summed E-state index contributed by atoms with van der Waals surface area (Å²) in [5, 5.41) is 6.32. The fraction of sp³-hybridized carbons (Fsp3) is 0.900. The van der Waals surface area contributed by atoms with Crippen molar-refractivity contribution in [1.82, 2.24) is 15.5 Å². The number of amides is 2. The van der Waals surface area contributed by atoms with E-state index in [4.69, 9.17) is 0 Å². The van der Waals surface area contributed by atoms with Crippen molar-refractivity contribution in [2.24, 2.45) is 5.92 Å². The molecule has 2 aliphatic rings. The molecule has 2 atom stereocenters. The van der Waals surface area contributed by atoms with Crippen molar-refractivity contribution in [3.8, 4) is 0 Å². The summed E-state index contributed by atoms with van der Waals surface area (Å²) >= 11 is 0. The number of hydrogen-bond donors (Lipinski definition) is 2. The maximum atomic E-state index is 11.6. The topological polar surface area (TPSA) is 44.4 Å². The maximum Gasteiger partial charge on any atom is 0.317 e. The minimum Gasteiger partial charge on any atom is -0.338 e. The number of nitrogens with one attached hydrogen (secondary N) is 2. The molecule has 0 aromatic carbocycles. The number of urea groups is 1. The van der Waals surface area contributed by atoms with Gasteiger partial charge < -0.3 is 15.5 Å². The van der Waals surface area contributed by atoms with Crippen LogP contribution in [0.3, 0.4) is 0 Å². The van der Waals surface area contributed by atoms with Gasteiger partial charge >= 0.3 is 6.03 Å². The molecule has 0 saturated carbocycles. The van der Waals surface area contributed by atoms with E-state index in [0.717, 1.165) is 38.5 Å². The SMILES string of the molecule is CCNC(=O)N1CC[C@@H]2CCN[C@@H]2C1. The van der Waals surface area contributed by atoms with E-state index in [0.29, 0.717) is 6.04 Å². The summed E-state index contributed by atoms with van der Waals surface area (Å²) in [5.41, 5.74) is 0. The van der Waals surface area contributed by atoms with Crippen LogP contribution in [-0.4, -0.2) is 43.2 Å².